The maximum Gasteiger partial charge on any atom is 0.322 e. The summed E-state index contributed by atoms with van der Waals surface area (Å²) in [5.74, 6) is 0.593. The number of aromatic amines is 1. The standard InChI is InChI=1S/C16H17ClN4O/c17-11-2-1-3-12(8-11)18-16(22)21-7-6-14-13(9-21)15(20-19-14)10-4-5-10/h1-3,8,10H,4-7,9H2,(H,18,22)(H,19,20). The van der Waals surface area contributed by atoms with Gasteiger partial charge in [-0.15, -0.1) is 0 Å². The van der Waals surface area contributed by atoms with Crippen LogP contribution < -0.4 is 5.32 Å². The number of rotatable bonds is 2. The van der Waals surface area contributed by atoms with Gasteiger partial charge in [0.05, 0.1) is 12.2 Å². The molecule has 2 aromatic rings. The molecule has 1 fully saturated rings. The van der Waals surface area contributed by atoms with Crippen LogP contribution in [0.15, 0.2) is 24.3 Å². The molecule has 0 bridgehead atoms. The minimum Gasteiger partial charge on any atom is -0.320 e. The molecule has 1 aliphatic heterocycles. The van der Waals surface area contributed by atoms with Gasteiger partial charge in [-0.25, -0.2) is 4.79 Å². The molecule has 2 amide bonds. The summed E-state index contributed by atoms with van der Waals surface area (Å²) in [4.78, 5) is 14.3. The van der Waals surface area contributed by atoms with Gasteiger partial charge in [0.25, 0.3) is 0 Å². The molecule has 22 heavy (non-hydrogen) atoms. The predicted octanol–water partition coefficient (Wildman–Crippen LogP) is 3.53. The second kappa shape index (κ2) is 5.32. The third-order valence-corrected chi connectivity index (χ3v) is 4.53. The lowest BCUT2D eigenvalue weighted by atomic mass is 10.0. The van der Waals surface area contributed by atoms with Gasteiger partial charge in [0.15, 0.2) is 0 Å². The van der Waals surface area contributed by atoms with E-state index < -0.39 is 0 Å². The number of nitrogens with one attached hydrogen (secondary N) is 2. The Balaban J connectivity index is 1.49. The van der Waals surface area contributed by atoms with Gasteiger partial charge in [-0.3, -0.25) is 5.10 Å². The molecule has 1 aromatic carbocycles. The van der Waals surface area contributed by atoms with Crippen LogP contribution in [0.5, 0.6) is 0 Å². The molecule has 114 valence electrons. The van der Waals surface area contributed by atoms with Gasteiger partial charge in [0.1, 0.15) is 0 Å². The summed E-state index contributed by atoms with van der Waals surface area (Å²) in [6, 6.07) is 7.12. The Hall–Kier alpha value is -2.01. The highest BCUT2D eigenvalue weighted by Crippen LogP contribution is 2.42. The van der Waals surface area contributed by atoms with E-state index in [-0.39, 0.29) is 6.03 Å². The summed E-state index contributed by atoms with van der Waals surface area (Å²) in [6.45, 7) is 1.33. The van der Waals surface area contributed by atoms with Crippen LogP contribution in [0.25, 0.3) is 0 Å². The number of benzene rings is 1. The molecular formula is C16H17ClN4O. The smallest absolute Gasteiger partial charge is 0.320 e. The van der Waals surface area contributed by atoms with Crippen LogP contribution in [-0.4, -0.2) is 27.7 Å². The monoisotopic (exact) mass is 316 g/mol. The fraction of sp³-hybridized carbons (Fsp3) is 0.375. The number of carbonyl (C=O) groups excluding carboxylic acids is 1. The quantitative estimate of drug-likeness (QED) is 0.890. The Morgan fingerprint density at radius 2 is 2.27 bits per heavy atom. The number of hydrogen-bond donors (Lipinski definition) is 2. The lowest BCUT2D eigenvalue weighted by molar-refractivity contribution is 0.206. The molecule has 1 aromatic heterocycles. The molecule has 0 radical (unpaired) electrons. The number of nitrogens with zero attached hydrogens (tertiary/aromatic N) is 2. The van der Waals surface area contributed by atoms with Crippen LogP contribution in [-0.2, 0) is 13.0 Å². The first-order chi connectivity index (χ1) is 10.7. The van der Waals surface area contributed by atoms with Crippen LogP contribution in [0.3, 0.4) is 0 Å². The van der Waals surface area contributed by atoms with Crippen molar-refractivity contribution in [3.63, 3.8) is 0 Å². The average molecular weight is 317 g/mol. The summed E-state index contributed by atoms with van der Waals surface area (Å²) < 4.78 is 0. The van der Waals surface area contributed by atoms with Crippen LogP contribution >= 0.6 is 11.6 Å². The van der Waals surface area contributed by atoms with Crippen LogP contribution in [0.2, 0.25) is 5.02 Å². The molecule has 4 rings (SSSR count). The number of anilines is 1. The van der Waals surface area contributed by atoms with Crippen molar-refractivity contribution >= 4 is 23.3 Å². The number of fused-ring (bicyclic) bond motifs is 1. The van der Waals surface area contributed by atoms with Crippen molar-refractivity contribution in [2.75, 3.05) is 11.9 Å². The number of urea groups is 1. The van der Waals surface area contributed by atoms with E-state index in [4.69, 9.17) is 11.6 Å². The third kappa shape index (κ3) is 2.57. The number of halogens is 1. The minimum absolute atomic E-state index is 0.0872. The third-order valence-electron chi connectivity index (χ3n) is 4.29. The molecule has 2 aliphatic rings. The molecule has 2 N–H and O–H groups in total. The number of amides is 2. The second-order valence-electron chi connectivity index (χ2n) is 5.95. The molecular weight excluding hydrogens is 300 g/mol. The molecule has 1 aliphatic carbocycles. The van der Waals surface area contributed by atoms with E-state index >= 15 is 0 Å². The minimum atomic E-state index is -0.0872. The fourth-order valence-corrected chi connectivity index (χ4v) is 3.14. The number of carbonyl (C=O) groups is 1. The van der Waals surface area contributed by atoms with E-state index in [9.17, 15) is 4.79 Å². The van der Waals surface area contributed by atoms with Gasteiger partial charge in [0, 0.05) is 40.9 Å². The summed E-state index contributed by atoms with van der Waals surface area (Å²) in [6.07, 6.45) is 3.26. The van der Waals surface area contributed by atoms with Gasteiger partial charge < -0.3 is 10.2 Å². The van der Waals surface area contributed by atoms with Crippen molar-refractivity contribution < 1.29 is 4.79 Å². The van der Waals surface area contributed by atoms with Crippen molar-refractivity contribution in [1.82, 2.24) is 15.1 Å². The number of H-pyrrole nitrogens is 1. The first-order valence-corrected chi connectivity index (χ1v) is 7.96. The lowest BCUT2D eigenvalue weighted by Gasteiger charge is -2.27. The SMILES string of the molecule is O=C(Nc1cccc(Cl)c1)N1CCc2[nH]nc(C3CC3)c2C1. The summed E-state index contributed by atoms with van der Waals surface area (Å²) in [7, 11) is 0. The molecule has 6 heteroatoms. The fourth-order valence-electron chi connectivity index (χ4n) is 2.95. The van der Waals surface area contributed by atoms with Gasteiger partial charge >= 0.3 is 6.03 Å². The van der Waals surface area contributed by atoms with Crippen molar-refractivity contribution in [2.45, 2.75) is 31.7 Å². The van der Waals surface area contributed by atoms with Gasteiger partial charge in [0.2, 0.25) is 0 Å². The van der Waals surface area contributed by atoms with Crippen LogP contribution in [0, 0.1) is 0 Å². The maximum atomic E-state index is 12.4. The number of hydrogen-bond acceptors (Lipinski definition) is 2. The Bertz CT molecular complexity index is 723. The van der Waals surface area contributed by atoms with Crippen LogP contribution in [0.4, 0.5) is 10.5 Å². The Labute approximate surface area is 133 Å². The topological polar surface area (TPSA) is 61.0 Å². The Morgan fingerprint density at radius 1 is 1.41 bits per heavy atom. The molecule has 0 spiro atoms. The first kappa shape index (κ1) is 13.6. The van der Waals surface area contributed by atoms with E-state index in [1.807, 2.05) is 17.0 Å². The van der Waals surface area contributed by atoms with Crippen molar-refractivity contribution in [1.29, 1.82) is 0 Å². The molecule has 1 saturated carbocycles. The van der Waals surface area contributed by atoms with E-state index in [0.29, 0.717) is 24.0 Å². The largest absolute Gasteiger partial charge is 0.322 e. The van der Waals surface area contributed by atoms with E-state index in [0.717, 1.165) is 17.8 Å². The zero-order valence-electron chi connectivity index (χ0n) is 12.1. The second-order valence-corrected chi connectivity index (χ2v) is 6.39. The predicted molar refractivity (Wildman–Crippen MR) is 85.1 cm³/mol. The lowest BCUT2D eigenvalue weighted by Crippen LogP contribution is -2.39. The highest BCUT2D eigenvalue weighted by Gasteiger charge is 2.33. The maximum absolute atomic E-state index is 12.4. The molecule has 2 heterocycles. The van der Waals surface area contributed by atoms with Gasteiger partial charge in [-0.2, -0.15) is 5.10 Å². The Morgan fingerprint density at radius 3 is 3.05 bits per heavy atom. The average Bonchev–Trinajstić information content (AvgIpc) is 3.26. The normalized spacial score (nSPS) is 17.2. The van der Waals surface area contributed by atoms with Crippen LogP contribution in [0.1, 0.15) is 35.7 Å². The van der Waals surface area contributed by atoms with Crippen molar-refractivity contribution in [3.8, 4) is 0 Å². The zero-order chi connectivity index (χ0) is 15.1. The summed E-state index contributed by atoms with van der Waals surface area (Å²) in [5, 5.41) is 11.1. The highest BCUT2D eigenvalue weighted by molar-refractivity contribution is 6.30. The molecule has 5 nitrogen and oxygen atoms in total. The first-order valence-electron chi connectivity index (χ1n) is 7.58. The Kier molecular flexibility index (Phi) is 3.30. The molecule has 0 atom stereocenters. The zero-order valence-corrected chi connectivity index (χ0v) is 12.9. The van der Waals surface area contributed by atoms with Gasteiger partial charge in [-0.05, 0) is 31.0 Å². The highest BCUT2D eigenvalue weighted by atomic mass is 35.5. The van der Waals surface area contributed by atoms with Gasteiger partial charge in [-0.1, -0.05) is 17.7 Å². The number of aromatic nitrogens is 2. The summed E-state index contributed by atoms with van der Waals surface area (Å²) in [5.41, 5.74) is 4.29. The van der Waals surface area contributed by atoms with E-state index in [1.165, 1.54) is 24.1 Å². The molecule has 0 saturated heterocycles. The summed E-state index contributed by atoms with van der Waals surface area (Å²) >= 11 is 5.95. The van der Waals surface area contributed by atoms with E-state index in [1.54, 1.807) is 12.1 Å². The van der Waals surface area contributed by atoms with Crippen molar-refractivity contribution in [2.24, 2.45) is 0 Å². The molecule has 0 unspecified atom stereocenters. The van der Waals surface area contributed by atoms with Crippen molar-refractivity contribution in [3.05, 3.63) is 46.2 Å². The van der Waals surface area contributed by atoms with E-state index in [2.05, 4.69) is 15.5 Å².